The summed E-state index contributed by atoms with van der Waals surface area (Å²) in [7, 11) is 0. The van der Waals surface area contributed by atoms with Crippen molar-refractivity contribution in [1.82, 2.24) is 0 Å². The zero-order valence-electron chi connectivity index (χ0n) is 14.9. The molecule has 0 spiro atoms. The van der Waals surface area contributed by atoms with Crippen molar-refractivity contribution in [2.45, 2.75) is 13.8 Å². The van der Waals surface area contributed by atoms with Crippen molar-refractivity contribution in [3.05, 3.63) is 63.2 Å². The van der Waals surface area contributed by atoms with Crippen LogP contribution >= 0.6 is 11.6 Å². The van der Waals surface area contributed by atoms with Crippen molar-refractivity contribution < 1.29 is 19.2 Å². The van der Waals surface area contributed by atoms with E-state index >= 15 is 0 Å². The highest BCUT2D eigenvalue weighted by atomic mass is 35.5. The minimum absolute atomic E-state index is 0.00591. The molecule has 0 radical (unpaired) electrons. The molecule has 1 N–H and O–H groups in total. The molecule has 0 aromatic heterocycles. The van der Waals surface area contributed by atoms with Gasteiger partial charge in [0.05, 0.1) is 18.1 Å². The number of nitro benzene ring substituents is 1. The Balaban J connectivity index is 2.11. The van der Waals surface area contributed by atoms with E-state index < -0.39 is 10.8 Å². The number of nitro groups is 1. The van der Waals surface area contributed by atoms with Gasteiger partial charge in [-0.3, -0.25) is 14.9 Å². The smallest absolute Gasteiger partial charge is 0.289 e. The van der Waals surface area contributed by atoms with Crippen LogP contribution in [-0.2, 0) is 4.79 Å². The summed E-state index contributed by atoms with van der Waals surface area (Å²) in [6.07, 6.45) is 2.93. The number of hydrogen-bond acceptors (Lipinski definition) is 5. The second-order valence-corrected chi connectivity index (χ2v) is 5.73. The van der Waals surface area contributed by atoms with Gasteiger partial charge in [0, 0.05) is 17.8 Å². The molecule has 8 heteroatoms. The average molecular weight is 391 g/mol. The molecule has 0 saturated carbocycles. The number of nitrogens with zero attached hydrogens (tertiary/aromatic N) is 1. The van der Waals surface area contributed by atoms with Gasteiger partial charge in [-0.1, -0.05) is 17.7 Å². The van der Waals surface area contributed by atoms with Crippen molar-refractivity contribution >= 4 is 35.0 Å². The standard InChI is InChI=1S/C19H19ClN2O5/c1-3-26-17-9-5-13(11-18(17)27-4-2)6-10-19(23)21-14-7-8-15(20)16(12-14)22(24)25/h5-12H,3-4H2,1-2H3,(H,21,23). The molecule has 2 aromatic rings. The lowest BCUT2D eigenvalue weighted by atomic mass is 10.2. The van der Waals surface area contributed by atoms with Gasteiger partial charge in [-0.05, 0) is 49.8 Å². The van der Waals surface area contributed by atoms with Gasteiger partial charge in [0.1, 0.15) is 5.02 Å². The fourth-order valence-corrected chi connectivity index (χ4v) is 2.44. The molecule has 0 aliphatic carbocycles. The Bertz CT molecular complexity index is 867. The summed E-state index contributed by atoms with van der Waals surface area (Å²) in [4.78, 5) is 22.4. The lowest BCUT2D eigenvalue weighted by Crippen LogP contribution is -2.08. The number of ether oxygens (including phenoxy) is 2. The van der Waals surface area contributed by atoms with Crippen molar-refractivity contribution in [3.63, 3.8) is 0 Å². The number of carbonyl (C=O) groups excluding carboxylic acids is 1. The summed E-state index contributed by atoms with van der Waals surface area (Å²) in [5, 5.41) is 13.5. The molecule has 0 unspecified atom stereocenters. The Labute approximate surface area is 161 Å². The van der Waals surface area contributed by atoms with Crippen LogP contribution in [0.15, 0.2) is 42.5 Å². The minimum atomic E-state index is -0.608. The molecule has 0 atom stereocenters. The fraction of sp³-hybridized carbons (Fsp3) is 0.211. The van der Waals surface area contributed by atoms with Crippen molar-refractivity contribution in [1.29, 1.82) is 0 Å². The molecule has 0 aliphatic heterocycles. The first-order chi connectivity index (χ1) is 12.9. The lowest BCUT2D eigenvalue weighted by molar-refractivity contribution is -0.384. The maximum Gasteiger partial charge on any atom is 0.289 e. The molecule has 2 rings (SSSR count). The highest BCUT2D eigenvalue weighted by Gasteiger charge is 2.13. The largest absolute Gasteiger partial charge is 0.490 e. The number of hydrogen-bond donors (Lipinski definition) is 1. The summed E-state index contributed by atoms with van der Waals surface area (Å²) in [6.45, 7) is 4.76. The molecule has 2 aromatic carbocycles. The zero-order chi connectivity index (χ0) is 19.8. The van der Waals surface area contributed by atoms with Crippen LogP contribution in [0.3, 0.4) is 0 Å². The highest BCUT2D eigenvalue weighted by Crippen LogP contribution is 2.29. The van der Waals surface area contributed by atoms with Crippen LogP contribution in [0, 0.1) is 10.1 Å². The fourth-order valence-electron chi connectivity index (χ4n) is 2.26. The summed E-state index contributed by atoms with van der Waals surface area (Å²) < 4.78 is 11.0. The lowest BCUT2D eigenvalue weighted by Gasteiger charge is -2.11. The maximum atomic E-state index is 12.1. The third-order valence-electron chi connectivity index (χ3n) is 3.40. The molecule has 0 saturated heterocycles. The Kier molecular flexibility index (Phi) is 7.19. The highest BCUT2D eigenvalue weighted by molar-refractivity contribution is 6.32. The third-order valence-corrected chi connectivity index (χ3v) is 3.72. The van der Waals surface area contributed by atoms with E-state index in [1.807, 2.05) is 13.8 Å². The Morgan fingerprint density at radius 3 is 2.52 bits per heavy atom. The zero-order valence-corrected chi connectivity index (χ0v) is 15.7. The van der Waals surface area contributed by atoms with Crippen molar-refractivity contribution in [2.24, 2.45) is 0 Å². The van der Waals surface area contributed by atoms with Gasteiger partial charge in [-0.15, -0.1) is 0 Å². The normalized spacial score (nSPS) is 10.6. The van der Waals surface area contributed by atoms with Crippen LogP contribution in [-0.4, -0.2) is 24.0 Å². The molecule has 0 heterocycles. The number of anilines is 1. The Hall–Kier alpha value is -3.06. The quantitative estimate of drug-likeness (QED) is 0.401. The monoisotopic (exact) mass is 390 g/mol. The number of amides is 1. The number of rotatable bonds is 8. The van der Waals surface area contributed by atoms with Gasteiger partial charge in [0.2, 0.25) is 5.91 Å². The van der Waals surface area contributed by atoms with Crippen LogP contribution in [0.5, 0.6) is 11.5 Å². The van der Waals surface area contributed by atoms with Crippen LogP contribution in [0.2, 0.25) is 5.02 Å². The minimum Gasteiger partial charge on any atom is -0.490 e. The first-order valence-corrected chi connectivity index (χ1v) is 8.65. The third kappa shape index (κ3) is 5.72. The first kappa shape index (κ1) is 20.3. The topological polar surface area (TPSA) is 90.7 Å². The molecule has 1 amide bonds. The van der Waals surface area contributed by atoms with Gasteiger partial charge in [0.15, 0.2) is 11.5 Å². The van der Waals surface area contributed by atoms with E-state index in [0.29, 0.717) is 24.7 Å². The second kappa shape index (κ2) is 9.59. The van der Waals surface area contributed by atoms with Gasteiger partial charge < -0.3 is 14.8 Å². The predicted molar refractivity (Wildman–Crippen MR) is 105 cm³/mol. The second-order valence-electron chi connectivity index (χ2n) is 5.32. The van der Waals surface area contributed by atoms with E-state index in [-0.39, 0.29) is 16.4 Å². The first-order valence-electron chi connectivity index (χ1n) is 8.27. The van der Waals surface area contributed by atoms with Crippen LogP contribution < -0.4 is 14.8 Å². The van der Waals surface area contributed by atoms with Gasteiger partial charge >= 0.3 is 0 Å². The van der Waals surface area contributed by atoms with Crippen LogP contribution in [0.25, 0.3) is 6.08 Å². The van der Waals surface area contributed by atoms with E-state index in [4.69, 9.17) is 21.1 Å². The average Bonchev–Trinajstić information content (AvgIpc) is 2.63. The summed E-state index contributed by atoms with van der Waals surface area (Å²) in [5.41, 5.74) is 0.757. The maximum absolute atomic E-state index is 12.1. The molecule has 27 heavy (non-hydrogen) atoms. The molecule has 0 aliphatic rings. The summed E-state index contributed by atoms with van der Waals surface area (Å²) in [5.74, 6) is 0.795. The SMILES string of the molecule is CCOc1ccc(C=CC(=O)Nc2ccc(Cl)c([N+](=O)[O-])c2)cc1OCC. The number of halogens is 1. The van der Waals surface area contributed by atoms with E-state index in [2.05, 4.69) is 5.32 Å². The van der Waals surface area contributed by atoms with E-state index in [1.165, 1.54) is 24.3 Å². The molecule has 7 nitrogen and oxygen atoms in total. The van der Waals surface area contributed by atoms with Crippen LogP contribution in [0.1, 0.15) is 19.4 Å². The number of carbonyl (C=O) groups is 1. The van der Waals surface area contributed by atoms with Crippen LogP contribution in [0.4, 0.5) is 11.4 Å². The molecular weight excluding hydrogens is 372 g/mol. The van der Waals surface area contributed by atoms with E-state index in [1.54, 1.807) is 24.3 Å². The summed E-state index contributed by atoms with van der Waals surface area (Å²) >= 11 is 5.75. The molecule has 142 valence electrons. The summed E-state index contributed by atoms with van der Waals surface area (Å²) in [6, 6.07) is 9.40. The Morgan fingerprint density at radius 1 is 1.15 bits per heavy atom. The van der Waals surface area contributed by atoms with Gasteiger partial charge in [-0.25, -0.2) is 0 Å². The van der Waals surface area contributed by atoms with Crippen molar-refractivity contribution in [3.8, 4) is 11.5 Å². The van der Waals surface area contributed by atoms with E-state index in [0.717, 1.165) is 5.56 Å². The number of nitrogens with one attached hydrogen (secondary N) is 1. The van der Waals surface area contributed by atoms with Gasteiger partial charge in [-0.2, -0.15) is 0 Å². The molecular formula is C19H19ClN2O5. The molecule has 0 bridgehead atoms. The predicted octanol–water partition coefficient (Wildman–Crippen LogP) is 4.70. The van der Waals surface area contributed by atoms with Gasteiger partial charge in [0.25, 0.3) is 5.69 Å². The molecule has 0 fully saturated rings. The van der Waals surface area contributed by atoms with E-state index in [9.17, 15) is 14.9 Å². The van der Waals surface area contributed by atoms with Crippen molar-refractivity contribution in [2.75, 3.05) is 18.5 Å². The number of benzene rings is 2. The Morgan fingerprint density at radius 2 is 1.85 bits per heavy atom.